The van der Waals surface area contributed by atoms with E-state index < -0.39 is 16.9 Å². The number of fused-ring (bicyclic) bond motifs is 1. The molecule has 122 valence electrons. The van der Waals surface area contributed by atoms with Crippen LogP contribution in [0.3, 0.4) is 0 Å². The fourth-order valence-electron chi connectivity index (χ4n) is 4.00. The number of allylic oxidation sites excluding steroid dienone is 2. The summed E-state index contributed by atoms with van der Waals surface area (Å²) in [4.78, 5) is 24.5. The van der Waals surface area contributed by atoms with Gasteiger partial charge in [-0.15, -0.1) is 0 Å². The summed E-state index contributed by atoms with van der Waals surface area (Å²) in [6.45, 7) is 5.80. The van der Waals surface area contributed by atoms with E-state index in [1.807, 2.05) is 13.8 Å². The van der Waals surface area contributed by atoms with Crippen LogP contribution in [0.15, 0.2) is 23.3 Å². The molecular weight excluding hydrogens is 280 g/mol. The fraction of sp³-hybridized carbons (Fsp3) is 0.667. The van der Waals surface area contributed by atoms with E-state index in [0.29, 0.717) is 12.0 Å². The minimum Gasteiger partial charge on any atom is -0.396 e. The predicted molar refractivity (Wildman–Crippen MR) is 84.2 cm³/mol. The molecule has 0 unspecified atom stereocenters. The first-order chi connectivity index (χ1) is 10.3. The van der Waals surface area contributed by atoms with Gasteiger partial charge in [0.2, 0.25) is 0 Å². The third kappa shape index (κ3) is 2.59. The smallest absolute Gasteiger partial charge is 0.188 e. The summed E-state index contributed by atoms with van der Waals surface area (Å²) < 4.78 is 0. The third-order valence-corrected chi connectivity index (χ3v) is 5.33. The van der Waals surface area contributed by atoms with Crippen molar-refractivity contribution in [2.24, 2.45) is 11.3 Å². The number of Topliss-reactive ketones (excluding diaryl/α,β-unsaturated/α-hetero) is 1. The second kappa shape index (κ2) is 6.09. The number of carbonyl (C=O) groups excluding carboxylic acids is 2. The van der Waals surface area contributed by atoms with Crippen LogP contribution in [0, 0.1) is 11.3 Å². The van der Waals surface area contributed by atoms with Crippen LogP contribution >= 0.6 is 0 Å². The van der Waals surface area contributed by atoms with Gasteiger partial charge in [-0.25, -0.2) is 0 Å². The van der Waals surface area contributed by atoms with E-state index in [9.17, 15) is 14.7 Å². The molecule has 0 spiro atoms. The van der Waals surface area contributed by atoms with Gasteiger partial charge in [-0.2, -0.15) is 0 Å². The number of ketones is 2. The zero-order chi connectivity index (χ0) is 16.5. The molecule has 22 heavy (non-hydrogen) atoms. The molecule has 1 fully saturated rings. The summed E-state index contributed by atoms with van der Waals surface area (Å²) in [5, 5.41) is 19.8. The Balaban J connectivity index is 2.11. The van der Waals surface area contributed by atoms with E-state index in [0.717, 1.165) is 19.3 Å². The normalized spacial score (nSPS) is 35.0. The molecule has 2 aliphatic rings. The lowest BCUT2D eigenvalue weighted by atomic mass is 9.69. The van der Waals surface area contributed by atoms with Gasteiger partial charge in [0.1, 0.15) is 11.4 Å². The molecule has 0 saturated heterocycles. The van der Waals surface area contributed by atoms with Gasteiger partial charge in [0.25, 0.3) is 0 Å². The molecule has 1 saturated carbocycles. The maximum Gasteiger partial charge on any atom is 0.188 e. The molecule has 0 aromatic heterocycles. The standard InChI is InChI=1S/C18H26O4/c1-12(7-5-9-19)6-4-8-17(3)11-14(20)16-13(2)10-15(21)18(16,17)22/h6,10,16,19,22H,4-5,7-9,11H2,1-3H3/b12-6+/t16-,17-,18+/m1/s1. The summed E-state index contributed by atoms with van der Waals surface area (Å²) in [5.74, 6) is -0.987. The van der Waals surface area contributed by atoms with Crippen LogP contribution in [0.25, 0.3) is 0 Å². The lowest BCUT2D eigenvalue weighted by Gasteiger charge is -2.37. The zero-order valence-corrected chi connectivity index (χ0v) is 13.7. The molecule has 2 aliphatic carbocycles. The van der Waals surface area contributed by atoms with Crippen molar-refractivity contribution in [2.75, 3.05) is 6.61 Å². The van der Waals surface area contributed by atoms with Gasteiger partial charge in [0.05, 0.1) is 5.92 Å². The molecular formula is C18H26O4. The average molecular weight is 306 g/mol. The van der Waals surface area contributed by atoms with Crippen molar-refractivity contribution in [1.29, 1.82) is 0 Å². The van der Waals surface area contributed by atoms with E-state index in [-0.39, 0.29) is 24.6 Å². The van der Waals surface area contributed by atoms with Crippen molar-refractivity contribution >= 4 is 11.6 Å². The summed E-state index contributed by atoms with van der Waals surface area (Å²) in [5.41, 5.74) is -0.372. The Hall–Kier alpha value is -1.26. The molecule has 0 heterocycles. The number of aliphatic hydroxyl groups excluding tert-OH is 1. The van der Waals surface area contributed by atoms with E-state index in [4.69, 9.17) is 5.11 Å². The first-order valence-electron chi connectivity index (χ1n) is 8.00. The summed E-state index contributed by atoms with van der Waals surface area (Å²) in [6.07, 6.45) is 6.69. The monoisotopic (exact) mass is 306 g/mol. The largest absolute Gasteiger partial charge is 0.396 e. The summed E-state index contributed by atoms with van der Waals surface area (Å²) >= 11 is 0. The maximum atomic E-state index is 12.3. The summed E-state index contributed by atoms with van der Waals surface area (Å²) in [7, 11) is 0. The highest BCUT2D eigenvalue weighted by Gasteiger charge is 2.66. The molecule has 2 rings (SSSR count). The average Bonchev–Trinajstić information content (AvgIpc) is 2.79. The van der Waals surface area contributed by atoms with Crippen LogP contribution in [-0.2, 0) is 9.59 Å². The maximum absolute atomic E-state index is 12.3. The van der Waals surface area contributed by atoms with Crippen LogP contribution in [0.5, 0.6) is 0 Å². The highest BCUT2D eigenvalue weighted by molar-refractivity contribution is 6.10. The Labute approximate surface area is 131 Å². The first-order valence-corrected chi connectivity index (χ1v) is 8.00. The van der Waals surface area contributed by atoms with Crippen molar-refractivity contribution in [3.8, 4) is 0 Å². The predicted octanol–water partition coefficient (Wildman–Crippen LogP) is 2.34. The molecule has 0 bridgehead atoms. The Bertz CT molecular complexity index is 545. The van der Waals surface area contributed by atoms with Crippen molar-refractivity contribution < 1.29 is 19.8 Å². The lowest BCUT2D eigenvalue weighted by Crippen LogP contribution is -2.50. The second-order valence-electron chi connectivity index (χ2n) is 7.07. The highest BCUT2D eigenvalue weighted by atomic mass is 16.3. The van der Waals surface area contributed by atoms with Gasteiger partial charge >= 0.3 is 0 Å². The van der Waals surface area contributed by atoms with Gasteiger partial charge in [0, 0.05) is 18.4 Å². The van der Waals surface area contributed by atoms with E-state index in [1.165, 1.54) is 11.6 Å². The Morgan fingerprint density at radius 3 is 2.77 bits per heavy atom. The summed E-state index contributed by atoms with van der Waals surface area (Å²) in [6, 6.07) is 0. The number of hydrogen-bond donors (Lipinski definition) is 2. The van der Waals surface area contributed by atoms with Crippen LogP contribution in [0.1, 0.15) is 52.9 Å². The molecule has 0 amide bonds. The minimum absolute atomic E-state index is 0.0226. The molecule has 2 N–H and O–H groups in total. The minimum atomic E-state index is -1.55. The molecule has 0 aromatic carbocycles. The Kier molecular flexibility index (Phi) is 4.73. The van der Waals surface area contributed by atoms with Crippen LogP contribution < -0.4 is 0 Å². The highest BCUT2D eigenvalue weighted by Crippen LogP contribution is 2.56. The van der Waals surface area contributed by atoms with Gasteiger partial charge in [-0.1, -0.05) is 24.1 Å². The first kappa shape index (κ1) is 17.1. The van der Waals surface area contributed by atoms with Gasteiger partial charge in [-0.3, -0.25) is 9.59 Å². The van der Waals surface area contributed by atoms with Crippen LogP contribution in [0.4, 0.5) is 0 Å². The molecule has 3 atom stereocenters. The molecule has 0 aliphatic heterocycles. The van der Waals surface area contributed by atoms with Gasteiger partial charge in [0.15, 0.2) is 5.78 Å². The van der Waals surface area contributed by atoms with Crippen molar-refractivity contribution in [1.82, 2.24) is 0 Å². The number of aliphatic hydroxyl groups is 2. The molecule has 4 nitrogen and oxygen atoms in total. The quantitative estimate of drug-likeness (QED) is 0.739. The van der Waals surface area contributed by atoms with Gasteiger partial charge < -0.3 is 10.2 Å². The van der Waals surface area contributed by atoms with Crippen LogP contribution in [0.2, 0.25) is 0 Å². The van der Waals surface area contributed by atoms with Crippen molar-refractivity contribution in [3.05, 3.63) is 23.3 Å². The van der Waals surface area contributed by atoms with Crippen molar-refractivity contribution in [2.45, 2.75) is 58.5 Å². The molecule has 4 heteroatoms. The molecule has 0 radical (unpaired) electrons. The molecule has 0 aromatic rings. The van der Waals surface area contributed by atoms with E-state index >= 15 is 0 Å². The zero-order valence-electron chi connectivity index (χ0n) is 13.7. The Morgan fingerprint density at radius 2 is 2.14 bits per heavy atom. The number of carbonyl (C=O) groups is 2. The van der Waals surface area contributed by atoms with Crippen molar-refractivity contribution in [3.63, 3.8) is 0 Å². The number of hydrogen-bond acceptors (Lipinski definition) is 4. The topological polar surface area (TPSA) is 74.6 Å². The number of rotatable bonds is 6. The van der Waals surface area contributed by atoms with E-state index in [2.05, 4.69) is 6.08 Å². The van der Waals surface area contributed by atoms with Gasteiger partial charge in [-0.05, 0) is 45.6 Å². The third-order valence-electron chi connectivity index (χ3n) is 5.33. The second-order valence-corrected chi connectivity index (χ2v) is 7.07. The van der Waals surface area contributed by atoms with E-state index in [1.54, 1.807) is 6.92 Å². The Morgan fingerprint density at radius 1 is 1.45 bits per heavy atom. The van der Waals surface area contributed by atoms with Crippen LogP contribution in [-0.4, -0.2) is 34.0 Å². The SMILES string of the molecule is CC1=CC(=O)[C@]2(O)[C@H]1C(=O)C[C@@]2(C)CC/C=C(\C)CCCO. The fourth-order valence-corrected chi connectivity index (χ4v) is 4.00. The lowest BCUT2D eigenvalue weighted by molar-refractivity contribution is -0.147.